The third-order valence-corrected chi connectivity index (χ3v) is 3.03. The number of nitrogens with zero attached hydrogens (tertiary/aromatic N) is 3. The van der Waals surface area contributed by atoms with E-state index in [4.69, 9.17) is 0 Å². The maximum absolute atomic E-state index is 14.1. The predicted molar refractivity (Wildman–Crippen MR) is 70.1 cm³/mol. The first kappa shape index (κ1) is 15.5. The largest absolute Gasteiger partial charge is 0.435 e. The molecule has 0 unspecified atom stereocenters. The van der Waals surface area contributed by atoms with E-state index in [2.05, 4.69) is 10.1 Å². The zero-order chi connectivity index (χ0) is 16.0. The summed E-state index contributed by atoms with van der Waals surface area (Å²) in [7, 11) is 1.37. The molecule has 0 aliphatic heterocycles. The van der Waals surface area contributed by atoms with E-state index in [0.717, 1.165) is 10.7 Å². The third-order valence-electron chi connectivity index (χ3n) is 3.03. The average Bonchev–Trinajstić information content (AvgIpc) is 2.69. The van der Waals surface area contributed by atoms with Gasteiger partial charge in [-0.1, -0.05) is 20.8 Å². The molecule has 0 amide bonds. The van der Waals surface area contributed by atoms with Crippen molar-refractivity contribution in [3.63, 3.8) is 0 Å². The van der Waals surface area contributed by atoms with Crippen LogP contribution < -0.4 is 0 Å². The van der Waals surface area contributed by atoms with Crippen molar-refractivity contribution < 1.29 is 17.6 Å². The Balaban J connectivity index is 2.57. The minimum absolute atomic E-state index is 0.0825. The summed E-state index contributed by atoms with van der Waals surface area (Å²) < 4.78 is 53.9. The summed E-state index contributed by atoms with van der Waals surface area (Å²) in [6.45, 7) is 5.41. The van der Waals surface area contributed by atoms with Gasteiger partial charge in [-0.05, 0) is 5.41 Å². The van der Waals surface area contributed by atoms with Crippen LogP contribution in [0.15, 0.2) is 18.5 Å². The highest BCUT2D eigenvalue weighted by Crippen LogP contribution is 2.36. The summed E-state index contributed by atoms with van der Waals surface area (Å²) in [5, 5.41) is 3.39. The van der Waals surface area contributed by atoms with Crippen LogP contribution in [-0.4, -0.2) is 14.8 Å². The minimum atomic E-state index is -4.61. The van der Waals surface area contributed by atoms with E-state index in [0.29, 0.717) is 5.56 Å². The van der Waals surface area contributed by atoms with Crippen molar-refractivity contribution in [3.8, 4) is 11.3 Å². The molecular formula is C14H15F4N3. The van der Waals surface area contributed by atoms with Crippen LogP contribution in [0.25, 0.3) is 11.3 Å². The second-order valence-electron chi connectivity index (χ2n) is 5.86. The van der Waals surface area contributed by atoms with E-state index >= 15 is 0 Å². The van der Waals surface area contributed by atoms with Crippen molar-refractivity contribution in [1.29, 1.82) is 0 Å². The Hall–Kier alpha value is -1.92. The molecule has 2 aromatic rings. The van der Waals surface area contributed by atoms with Gasteiger partial charge in [-0.15, -0.1) is 0 Å². The first-order valence-electron chi connectivity index (χ1n) is 6.27. The molecule has 0 aliphatic carbocycles. The molecule has 21 heavy (non-hydrogen) atoms. The van der Waals surface area contributed by atoms with Gasteiger partial charge in [-0.2, -0.15) is 18.3 Å². The summed E-state index contributed by atoms with van der Waals surface area (Å²) in [4.78, 5) is 3.97. The van der Waals surface area contributed by atoms with Gasteiger partial charge in [0.25, 0.3) is 0 Å². The van der Waals surface area contributed by atoms with Crippen LogP contribution in [0.3, 0.4) is 0 Å². The van der Waals surface area contributed by atoms with E-state index in [1.54, 1.807) is 20.8 Å². The van der Waals surface area contributed by atoms with Gasteiger partial charge in [0, 0.05) is 31.1 Å². The number of pyridine rings is 1. The Morgan fingerprint density at radius 1 is 1.14 bits per heavy atom. The molecule has 7 heteroatoms. The molecule has 0 N–H and O–H groups in total. The fourth-order valence-electron chi connectivity index (χ4n) is 2.02. The molecule has 0 atom stereocenters. The number of hydrogen-bond donors (Lipinski definition) is 0. The van der Waals surface area contributed by atoms with E-state index in [1.165, 1.54) is 19.4 Å². The summed E-state index contributed by atoms with van der Waals surface area (Å²) in [5.74, 6) is -0.579. The Labute approximate surface area is 119 Å². The number of aryl methyl sites for hydroxylation is 1. The fourth-order valence-corrected chi connectivity index (χ4v) is 2.02. The fraction of sp³-hybridized carbons (Fsp3) is 0.429. The Morgan fingerprint density at radius 2 is 1.76 bits per heavy atom. The second-order valence-corrected chi connectivity index (χ2v) is 5.86. The lowest BCUT2D eigenvalue weighted by atomic mass is 9.87. The van der Waals surface area contributed by atoms with Gasteiger partial charge in [0.05, 0.1) is 11.3 Å². The molecule has 0 aromatic carbocycles. The van der Waals surface area contributed by atoms with Crippen molar-refractivity contribution in [2.75, 3.05) is 0 Å². The number of rotatable bonds is 1. The van der Waals surface area contributed by atoms with Gasteiger partial charge in [0.2, 0.25) is 0 Å². The number of halogens is 4. The molecule has 114 valence electrons. The van der Waals surface area contributed by atoms with E-state index < -0.39 is 23.1 Å². The maximum Gasteiger partial charge on any atom is 0.435 e. The molecule has 2 aromatic heterocycles. The molecule has 0 aliphatic rings. The van der Waals surface area contributed by atoms with Gasteiger partial charge in [-0.3, -0.25) is 9.67 Å². The van der Waals surface area contributed by atoms with Gasteiger partial charge in [0.15, 0.2) is 5.69 Å². The highest BCUT2D eigenvalue weighted by molar-refractivity contribution is 5.62. The lowest BCUT2D eigenvalue weighted by Gasteiger charge is -2.19. The van der Waals surface area contributed by atoms with Gasteiger partial charge in [-0.25, -0.2) is 4.39 Å². The van der Waals surface area contributed by atoms with Gasteiger partial charge < -0.3 is 0 Å². The van der Waals surface area contributed by atoms with Crippen molar-refractivity contribution >= 4 is 0 Å². The summed E-state index contributed by atoms with van der Waals surface area (Å²) in [6.07, 6.45) is -2.16. The van der Waals surface area contributed by atoms with Gasteiger partial charge >= 0.3 is 6.18 Å². The van der Waals surface area contributed by atoms with Crippen molar-refractivity contribution in [1.82, 2.24) is 14.8 Å². The lowest BCUT2D eigenvalue weighted by molar-refractivity contribution is -0.141. The normalized spacial score (nSPS) is 12.8. The molecule has 0 saturated carbocycles. The van der Waals surface area contributed by atoms with Crippen LogP contribution in [0.2, 0.25) is 0 Å². The summed E-state index contributed by atoms with van der Waals surface area (Å²) >= 11 is 0. The summed E-state index contributed by atoms with van der Waals surface area (Å²) in [6, 6.07) is 1.02. The quantitative estimate of drug-likeness (QED) is 0.747. The van der Waals surface area contributed by atoms with Crippen LogP contribution in [-0.2, 0) is 18.6 Å². The van der Waals surface area contributed by atoms with E-state index in [-0.39, 0.29) is 11.3 Å². The Bertz CT molecular complexity index is 666. The van der Waals surface area contributed by atoms with Crippen LogP contribution in [0, 0.1) is 5.82 Å². The molecule has 0 radical (unpaired) electrons. The van der Waals surface area contributed by atoms with Crippen LogP contribution in [0.1, 0.15) is 32.0 Å². The van der Waals surface area contributed by atoms with E-state index in [1.807, 2.05) is 0 Å². The van der Waals surface area contributed by atoms with Crippen molar-refractivity contribution in [2.45, 2.75) is 32.4 Å². The first-order valence-corrected chi connectivity index (χ1v) is 6.27. The zero-order valence-electron chi connectivity index (χ0n) is 12.1. The predicted octanol–water partition coefficient (Wildman–Crippen LogP) is 3.94. The monoisotopic (exact) mass is 301 g/mol. The molecule has 0 bridgehead atoms. The highest BCUT2D eigenvalue weighted by Gasteiger charge is 2.38. The van der Waals surface area contributed by atoms with E-state index in [9.17, 15) is 17.6 Å². The first-order chi connectivity index (χ1) is 9.50. The Kier molecular flexibility index (Phi) is 3.55. The molecule has 0 spiro atoms. The number of aromatic nitrogens is 3. The molecule has 0 saturated heterocycles. The number of alkyl halides is 3. The SMILES string of the molecule is Cn1cc(-c2cc(F)c(C(C)(C)C)cn2)c(C(F)(F)F)n1. The third kappa shape index (κ3) is 3.06. The van der Waals surface area contributed by atoms with Crippen LogP contribution in [0.4, 0.5) is 17.6 Å². The topological polar surface area (TPSA) is 30.7 Å². The van der Waals surface area contributed by atoms with Crippen LogP contribution in [0.5, 0.6) is 0 Å². The zero-order valence-corrected chi connectivity index (χ0v) is 12.1. The Morgan fingerprint density at radius 3 is 2.24 bits per heavy atom. The molecule has 2 rings (SSSR count). The molecule has 2 heterocycles. The average molecular weight is 301 g/mol. The maximum atomic E-state index is 14.1. The standard InChI is InChI=1S/C14H15F4N3/c1-13(2,3)9-6-19-11(5-10(9)15)8-7-21(4)20-12(8)14(16,17)18/h5-7H,1-4H3. The molecule has 0 fully saturated rings. The van der Waals surface area contributed by atoms with Crippen molar-refractivity contribution in [3.05, 3.63) is 35.5 Å². The second kappa shape index (κ2) is 4.82. The minimum Gasteiger partial charge on any atom is -0.275 e. The van der Waals surface area contributed by atoms with Gasteiger partial charge in [0.1, 0.15) is 5.82 Å². The van der Waals surface area contributed by atoms with Crippen LogP contribution >= 0.6 is 0 Å². The van der Waals surface area contributed by atoms with Crippen molar-refractivity contribution in [2.24, 2.45) is 7.05 Å². The smallest absolute Gasteiger partial charge is 0.275 e. The molecular weight excluding hydrogens is 286 g/mol. The number of hydrogen-bond acceptors (Lipinski definition) is 2. The molecule has 3 nitrogen and oxygen atoms in total. The highest BCUT2D eigenvalue weighted by atomic mass is 19.4. The summed E-state index contributed by atoms with van der Waals surface area (Å²) in [5.41, 5.74) is -1.51. The lowest BCUT2D eigenvalue weighted by Crippen LogP contribution is -2.14.